The number of ketones is 1. The number of methoxy groups -OCH3 is 2. The molecule has 2 aromatic carbocycles. The molecule has 2 aliphatic carbocycles. The molecule has 0 spiro atoms. The lowest BCUT2D eigenvalue weighted by molar-refractivity contribution is 0.0994. The maximum absolute atomic E-state index is 11.9. The predicted octanol–water partition coefficient (Wildman–Crippen LogP) is 4.25. The van der Waals surface area contributed by atoms with Crippen molar-refractivity contribution in [3.8, 4) is 28.4 Å². The Morgan fingerprint density at radius 1 is 0.880 bits per heavy atom. The van der Waals surface area contributed by atoms with Crippen molar-refractivity contribution in [1.82, 2.24) is 0 Å². The fraction of sp³-hybridized carbons (Fsp3) is 0.333. The molecule has 0 amide bonds. The van der Waals surface area contributed by atoms with Gasteiger partial charge in [-0.15, -0.1) is 0 Å². The number of carbonyl (C=O) groups is 1. The average Bonchev–Trinajstić information content (AvgIpc) is 3.41. The summed E-state index contributed by atoms with van der Waals surface area (Å²) < 4.78 is 17.1. The Kier molecular flexibility index (Phi) is 4.12. The molecule has 0 atom stereocenters. The van der Waals surface area contributed by atoms with Gasteiger partial charge >= 0.3 is 0 Å². The summed E-state index contributed by atoms with van der Waals surface area (Å²) >= 11 is 0. The lowest BCUT2D eigenvalue weighted by atomic mass is 9.99. The number of fused-ring (bicyclic) bond motifs is 1. The van der Waals surface area contributed by atoms with Gasteiger partial charge in [-0.3, -0.25) is 4.79 Å². The van der Waals surface area contributed by atoms with Crippen LogP contribution in [0.15, 0.2) is 30.3 Å². The van der Waals surface area contributed by atoms with Crippen LogP contribution in [0, 0.1) is 5.92 Å². The topological polar surface area (TPSA) is 44.8 Å². The molecule has 0 unspecified atom stereocenters. The first-order valence-electron chi connectivity index (χ1n) is 8.59. The van der Waals surface area contributed by atoms with E-state index >= 15 is 0 Å². The molecule has 2 aromatic rings. The molecule has 4 rings (SSSR count). The second-order valence-corrected chi connectivity index (χ2v) is 6.51. The number of benzene rings is 2. The Bertz CT molecular complexity index is 821. The van der Waals surface area contributed by atoms with E-state index < -0.39 is 0 Å². The van der Waals surface area contributed by atoms with Gasteiger partial charge in [-0.25, -0.2) is 0 Å². The summed E-state index contributed by atoms with van der Waals surface area (Å²) in [6.45, 7) is 0.611. The van der Waals surface area contributed by atoms with Crippen LogP contribution < -0.4 is 14.2 Å². The smallest absolute Gasteiger partial charge is 0.203 e. The van der Waals surface area contributed by atoms with Gasteiger partial charge in [0.05, 0.1) is 20.8 Å². The van der Waals surface area contributed by atoms with Crippen LogP contribution in [-0.2, 0) is 6.42 Å². The molecule has 0 aliphatic heterocycles. The number of carbonyl (C=O) groups excluding carboxylic acids is 1. The van der Waals surface area contributed by atoms with Gasteiger partial charge in [-0.05, 0) is 42.5 Å². The molecule has 4 nitrogen and oxygen atoms in total. The van der Waals surface area contributed by atoms with Gasteiger partial charge in [0.1, 0.15) is 0 Å². The van der Waals surface area contributed by atoms with Gasteiger partial charge in [0.15, 0.2) is 17.3 Å². The van der Waals surface area contributed by atoms with Gasteiger partial charge < -0.3 is 14.2 Å². The van der Waals surface area contributed by atoms with E-state index in [0.29, 0.717) is 30.3 Å². The summed E-state index contributed by atoms with van der Waals surface area (Å²) in [6, 6.07) is 9.89. The Morgan fingerprint density at radius 2 is 1.68 bits per heavy atom. The standard InChI is InChI=1S/C21H21O4/c1-23-19-10-8-17(20(21(19)24-2)25-12-13-3-4-13)15-5-7-16-14(11-15)6-9-18(16)22/h5,7-8,10-11H,3-4,6,9,12H2,1-2H3. The zero-order valence-electron chi connectivity index (χ0n) is 14.6. The van der Waals surface area contributed by atoms with Crippen LogP contribution in [0.4, 0.5) is 0 Å². The minimum Gasteiger partial charge on any atom is -0.493 e. The van der Waals surface area contributed by atoms with Gasteiger partial charge in [-0.1, -0.05) is 18.2 Å². The van der Waals surface area contributed by atoms with Crippen LogP contribution in [0.5, 0.6) is 17.2 Å². The fourth-order valence-corrected chi connectivity index (χ4v) is 3.30. The van der Waals surface area contributed by atoms with E-state index in [2.05, 4.69) is 6.07 Å². The molecule has 0 bridgehead atoms. The highest BCUT2D eigenvalue weighted by Crippen LogP contribution is 2.46. The molecule has 0 heterocycles. The molecule has 1 radical (unpaired) electrons. The van der Waals surface area contributed by atoms with Crippen molar-refractivity contribution in [2.45, 2.75) is 25.7 Å². The third-order valence-electron chi connectivity index (χ3n) is 4.86. The molecular formula is C21H21O4. The van der Waals surface area contributed by atoms with Gasteiger partial charge in [0.25, 0.3) is 0 Å². The largest absolute Gasteiger partial charge is 0.493 e. The molecule has 0 N–H and O–H groups in total. The van der Waals surface area contributed by atoms with Crippen LogP contribution in [0.25, 0.3) is 11.1 Å². The molecule has 1 saturated carbocycles. The normalized spacial score (nSPS) is 15.8. The second kappa shape index (κ2) is 6.43. The number of rotatable bonds is 6. The Hall–Kier alpha value is -2.49. The van der Waals surface area contributed by atoms with Crippen LogP contribution in [0.3, 0.4) is 0 Å². The van der Waals surface area contributed by atoms with Crippen LogP contribution >= 0.6 is 0 Å². The fourth-order valence-electron chi connectivity index (χ4n) is 3.30. The summed E-state index contributed by atoms with van der Waals surface area (Å²) in [7, 11) is 3.25. The molecular weight excluding hydrogens is 316 g/mol. The summed E-state index contributed by atoms with van der Waals surface area (Å²) in [6.07, 6.45) is 3.70. The number of hydrogen-bond acceptors (Lipinski definition) is 4. The van der Waals surface area contributed by atoms with Crippen molar-refractivity contribution in [3.63, 3.8) is 0 Å². The van der Waals surface area contributed by atoms with E-state index in [9.17, 15) is 4.79 Å². The monoisotopic (exact) mass is 337 g/mol. The highest BCUT2D eigenvalue weighted by Gasteiger charge is 2.26. The van der Waals surface area contributed by atoms with Crippen LogP contribution in [-0.4, -0.2) is 26.6 Å². The SMILES string of the molecule is COc1ccc(-c2ccc3c(c2)CCC3=O)c(OC[C]2CC2)c1OC. The lowest BCUT2D eigenvalue weighted by Crippen LogP contribution is -2.03. The third kappa shape index (κ3) is 2.97. The van der Waals surface area contributed by atoms with Crippen molar-refractivity contribution in [3.05, 3.63) is 47.4 Å². The number of Topliss-reactive ketones (excluding diaryl/α,β-unsaturated/α-hetero) is 1. The van der Waals surface area contributed by atoms with E-state index in [0.717, 1.165) is 41.5 Å². The lowest BCUT2D eigenvalue weighted by Gasteiger charge is -2.18. The first-order chi connectivity index (χ1) is 12.2. The molecule has 129 valence electrons. The van der Waals surface area contributed by atoms with Crippen LogP contribution in [0.2, 0.25) is 0 Å². The Morgan fingerprint density at radius 3 is 2.40 bits per heavy atom. The molecule has 0 aromatic heterocycles. The van der Waals surface area contributed by atoms with E-state index in [1.54, 1.807) is 14.2 Å². The van der Waals surface area contributed by atoms with Crippen molar-refractivity contribution in [1.29, 1.82) is 0 Å². The molecule has 4 heteroatoms. The molecule has 0 saturated heterocycles. The average molecular weight is 337 g/mol. The first-order valence-corrected chi connectivity index (χ1v) is 8.59. The molecule has 2 aliphatic rings. The maximum Gasteiger partial charge on any atom is 0.203 e. The Labute approximate surface area is 147 Å². The number of aryl methyl sites for hydroxylation is 1. The first kappa shape index (κ1) is 16.0. The van der Waals surface area contributed by atoms with Crippen molar-refractivity contribution >= 4 is 5.78 Å². The zero-order valence-corrected chi connectivity index (χ0v) is 14.6. The zero-order chi connectivity index (χ0) is 17.4. The summed E-state index contributed by atoms with van der Waals surface area (Å²) in [5.41, 5.74) is 3.95. The van der Waals surface area contributed by atoms with Crippen molar-refractivity contribution in [2.24, 2.45) is 0 Å². The van der Waals surface area contributed by atoms with E-state index in [-0.39, 0.29) is 5.78 Å². The highest BCUT2D eigenvalue weighted by atomic mass is 16.5. The van der Waals surface area contributed by atoms with Crippen LogP contribution in [0.1, 0.15) is 35.2 Å². The van der Waals surface area contributed by atoms with Crippen molar-refractivity contribution in [2.75, 3.05) is 20.8 Å². The maximum atomic E-state index is 11.9. The third-order valence-corrected chi connectivity index (χ3v) is 4.86. The highest BCUT2D eigenvalue weighted by molar-refractivity contribution is 6.01. The summed E-state index contributed by atoms with van der Waals surface area (Å²) in [4.78, 5) is 11.9. The minimum absolute atomic E-state index is 0.232. The molecule has 25 heavy (non-hydrogen) atoms. The molecule has 1 fully saturated rings. The summed E-state index contributed by atoms with van der Waals surface area (Å²) in [5.74, 6) is 3.60. The Balaban J connectivity index is 1.78. The van der Waals surface area contributed by atoms with E-state index in [4.69, 9.17) is 14.2 Å². The van der Waals surface area contributed by atoms with Crippen molar-refractivity contribution < 1.29 is 19.0 Å². The van der Waals surface area contributed by atoms with E-state index in [1.807, 2.05) is 24.3 Å². The van der Waals surface area contributed by atoms with Gasteiger partial charge in [0.2, 0.25) is 5.75 Å². The van der Waals surface area contributed by atoms with Gasteiger partial charge in [0, 0.05) is 23.5 Å². The quantitative estimate of drug-likeness (QED) is 0.790. The van der Waals surface area contributed by atoms with Gasteiger partial charge in [-0.2, -0.15) is 0 Å². The number of hydrogen-bond donors (Lipinski definition) is 0. The number of ether oxygens (including phenoxy) is 3. The minimum atomic E-state index is 0.232. The predicted molar refractivity (Wildman–Crippen MR) is 95.6 cm³/mol. The summed E-state index contributed by atoms with van der Waals surface area (Å²) in [5, 5.41) is 0. The van der Waals surface area contributed by atoms with E-state index in [1.165, 1.54) is 5.92 Å². The second-order valence-electron chi connectivity index (χ2n) is 6.51.